The summed E-state index contributed by atoms with van der Waals surface area (Å²) in [5.41, 5.74) is 3.85. The molecule has 0 atom stereocenters. The van der Waals surface area contributed by atoms with Gasteiger partial charge >= 0.3 is 35.5 Å². The maximum atomic E-state index is 15.0. The van der Waals surface area contributed by atoms with Gasteiger partial charge in [-0.05, 0) is 36.4 Å². The van der Waals surface area contributed by atoms with Crippen molar-refractivity contribution in [2.75, 3.05) is 19.5 Å². The van der Waals surface area contributed by atoms with Crippen LogP contribution in [0, 0.1) is 5.82 Å². The van der Waals surface area contributed by atoms with Crippen molar-refractivity contribution in [2.45, 2.75) is 6.54 Å². The van der Waals surface area contributed by atoms with Crippen LogP contribution in [0.1, 0.15) is 27.0 Å². The fraction of sp³-hybridized carbons (Fsp3) is 0.111. The van der Waals surface area contributed by atoms with Crippen molar-refractivity contribution in [3.05, 3.63) is 93.9 Å². The number of carboxylic acid groups (broad SMARTS) is 1. The van der Waals surface area contributed by atoms with Gasteiger partial charge in [-0.3, -0.25) is 4.99 Å². The van der Waals surface area contributed by atoms with Gasteiger partial charge in [0.15, 0.2) is 0 Å². The summed E-state index contributed by atoms with van der Waals surface area (Å²) in [6.07, 6.45) is 1.65. The van der Waals surface area contributed by atoms with E-state index in [2.05, 4.69) is 10.3 Å². The summed E-state index contributed by atoms with van der Waals surface area (Å²) in [4.78, 5) is 25.2. The summed E-state index contributed by atoms with van der Waals surface area (Å²) in [6, 6.07) is 14.5. The molecule has 8 nitrogen and oxygen atoms in total. The van der Waals surface area contributed by atoms with E-state index < -0.39 is 11.8 Å². The van der Waals surface area contributed by atoms with E-state index in [1.54, 1.807) is 42.6 Å². The van der Waals surface area contributed by atoms with Crippen molar-refractivity contribution in [2.24, 2.45) is 4.99 Å². The number of nitrogens with one attached hydrogen (secondary N) is 1. The van der Waals surface area contributed by atoms with Crippen LogP contribution in [0.3, 0.4) is 0 Å². The van der Waals surface area contributed by atoms with Gasteiger partial charge in [-0.25, -0.2) is 19.2 Å². The molecule has 0 spiro atoms. The first-order valence-electron chi connectivity index (χ1n) is 11.1. The number of benzene rings is 3. The Hall–Kier alpha value is -3.50. The normalized spacial score (nSPS) is 11.7. The van der Waals surface area contributed by atoms with Crippen molar-refractivity contribution >= 4 is 64.5 Å². The number of aromatic nitrogens is 2. The molecular weight excluding hydrogens is 522 g/mol. The van der Waals surface area contributed by atoms with E-state index in [1.807, 2.05) is 6.07 Å². The first-order chi connectivity index (χ1) is 17.9. The molecule has 0 aliphatic carbocycles. The SMILES string of the molecule is COc1cc(Nc2ncc3c(n2)-c2ccc(Cl)cc2C(c2c(F)cccc2OC)=NC3)ccc1C(=O)O.[NaH]. The van der Waals surface area contributed by atoms with E-state index >= 15 is 4.39 Å². The molecule has 0 saturated carbocycles. The molecule has 11 heteroatoms. The van der Waals surface area contributed by atoms with Crippen molar-refractivity contribution < 1.29 is 23.8 Å². The van der Waals surface area contributed by atoms with E-state index in [0.29, 0.717) is 39.0 Å². The van der Waals surface area contributed by atoms with E-state index in [-0.39, 0.29) is 58.9 Å². The number of hydrogen-bond acceptors (Lipinski definition) is 7. The standard InChI is InChI=1S/C27H20ClFN4O4.Na.H/c1-36-21-5-3-4-20(29)23(21)25-19-10-15(28)6-8-17(19)24-14(12-30-25)13-31-27(33-24)32-16-7-9-18(26(34)35)22(11-16)37-2;;/h3-11,13H,12H2,1-2H3,(H,34,35)(H,31,32,33);;. The topological polar surface area (TPSA) is 106 Å². The van der Waals surface area contributed by atoms with Crippen molar-refractivity contribution in [3.63, 3.8) is 0 Å². The molecule has 0 fully saturated rings. The Morgan fingerprint density at radius 3 is 2.58 bits per heavy atom. The van der Waals surface area contributed by atoms with Gasteiger partial charge in [-0.15, -0.1) is 0 Å². The van der Waals surface area contributed by atoms with Crippen LogP contribution in [0.2, 0.25) is 5.02 Å². The Bertz CT molecular complexity index is 1580. The zero-order valence-corrected chi connectivity index (χ0v) is 20.5. The van der Waals surface area contributed by atoms with Crippen LogP contribution in [0.15, 0.2) is 65.8 Å². The summed E-state index contributed by atoms with van der Waals surface area (Å²) in [6.45, 7) is 0.204. The molecule has 1 aromatic heterocycles. The fourth-order valence-corrected chi connectivity index (χ4v) is 4.35. The number of fused-ring (bicyclic) bond motifs is 3. The Morgan fingerprint density at radius 1 is 1.05 bits per heavy atom. The van der Waals surface area contributed by atoms with E-state index in [9.17, 15) is 9.90 Å². The molecule has 3 aromatic carbocycles. The number of hydrogen-bond donors (Lipinski definition) is 2. The van der Waals surface area contributed by atoms with Crippen molar-refractivity contribution in [3.8, 4) is 22.8 Å². The van der Waals surface area contributed by atoms with E-state index in [0.717, 1.165) is 5.56 Å². The number of halogens is 2. The summed E-state index contributed by atoms with van der Waals surface area (Å²) >= 11 is 6.35. The van der Waals surface area contributed by atoms with Gasteiger partial charge in [0.2, 0.25) is 5.95 Å². The predicted molar refractivity (Wildman–Crippen MR) is 145 cm³/mol. The third kappa shape index (κ3) is 5.23. The molecule has 0 amide bonds. The molecule has 0 radical (unpaired) electrons. The number of rotatable bonds is 6. The molecule has 38 heavy (non-hydrogen) atoms. The minimum absolute atomic E-state index is 0. The van der Waals surface area contributed by atoms with Crippen LogP contribution in [0.25, 0.3) is 11.3 Å². The molecule has 2 heterocycles. The average Bonchev–Trinajstić information content (AvgIpc) is 3.04. The van der Waals surface area contributed by atoms with Crippen LogP contribution in [0.4, 0.5) is 16.0 Å². The van der Waals surface area contributed by atoms with Crippen LogP contribution < -0.4 is 14.8 Å². The number of ether oxygens (including phenoxy) is 2. The molecule has 0 bridgehead atoms. The quantitative estimate of drug-likeness (QED) is 0.327. The summed E-state index contributed by atoms with van der Waals surface area (Å²) in [7, 11) is 2.87. The van der Waals surface area contributed by atoms with Gasteiger partial charge in [-0.1, -0.05) is 23.7 Å². The molecule has 1 aliphatic rings. The van der Waals surface area contributed by atoms with Gasteiger partial charge in [-0.2, -0.15) is 0 Å². The average molecular weight is 543 g/mol. The number of carboxylic acids is 1. The fourth-order valence-electron chi connectivity index (χ4n) is 4.18. The molecule has 5 rings (SSSR count). The minimum atomic E-state index is -1.10. The second-order valence-corrected chi connectivity index (χ2v) is 8.52. The van der Waals surface area contributed by atoms with Gasteiger partial charge < -0.3 is 19.9 Å². The molecule has 0 unspecified atom stereocenters. The second-order valence-electron chi connectivity index (χ2n) is 8.08. The summed E-state index contributed by atoms with van der Waals surface area (Å²) in [5, 5.41) is 12.9. The first-order valence-corrected chi connectivity index (χ1v) is 11.5. The molecule has 2 N–H and O–H groups in total. The third-order valence-electron chi connectivity index (χ3n) is 5.88. The van der Waals surface area contributed by atoms with Gasteiger partial charge in [0, 0.05) is 39.7 Å². The zero-order valence-electron chi connectivity index (χ0n) is 19.8. The Balaban J connectivity index is 0.00000336. The number of methoxy groups -OCH3 is 2. The Labute approximate surface area is 244 Å². The second kappa shape index (κ2) is 11.5. The summed E-state index contributed by atoms with van der Waals surface area (Å²) in [5.74, 6) is -0.743. The van der Waals surface area contributed by atoms with E-state index in [1.165, 1.54) is 26.4 Å². The maximum absolute atomic E-state index is 15.0. The Kier molecular flexibility index (Phi) is 8.32. The number of aromatic carboxylic acids is 1. The molecular formula is C27H21ClFN4NaO4. The van der Waals surface area contributed by atoms with Crippen LogP contribution in [-0.2, 0) is 6.54 Å². The van der Waals surface area contributed by atoms with Gasteiger partial charge in [0.1, 0.15) is 22.9 Å². The molecule has 4 aromatic rings. The van der Waals surface area contributed by atoms with Gasteiger partial charge in [0.25, 0.3) is 0 Å². The van der Waals surface area contributed by atoms with Gasteiger partial charge in [0.05, 0.1) is 37.7 Å². The molecule has 1 aliphatic heterocycles. The predicted octanol–water partition coefficient (Wildman–Crippen LogP) is 5.10. The van der Waals surface area contributed by atoms with Crippen LogP contribution >= 0.6 is 11.6 Å². The monoisotopic (exact) mass is 542 g/mol. The molecule has 188 valence electrons. The summed E-state index contributed by atoms with van der Waals surface area (Å²) < 4.78 is 25.7. The molecule has 0 saturated heterocycles. The van der Waals surface area contributed by atoms with E-state index in [4.69, 9.17) is 31.1 Å². The Morgan fingerprint density at radius 2 is 1.84 bits per heavy atom. The zero-order chi connectivity index (χ0) is 26.1. The van der Waals surface area contributed by atoms with Crippen LogP contribution in [0.5, 0.6) is 11.5 Å². The van der Waals surface area contributed by atoms with Crippen LogP contribution in [-0.4, -0.2) is 70.5 Å². The third-order valence-corrected chi connectivity index (χ3v) is 6.12. The number of carbonyl (C=O) groups is 1. The first kappa shape index (κ1) is 27.5. The number of nitrogens with zero attached hydrogens (tertiary/aromatic N) is 3. The van der Waals surface area contributed by atoms with Crippen molar-refractivity contribution in [1.29, 1.82) is 0 Å². The van der Waals surface area contributed by atoms with Crippen molar-refractivity contribution in [1.82, 2.24) is 9.97 Å². The number of aliphatic imine (C=N–C) groups is 1. The number of anilines is 2.